The highest BCUT2D eigenvalue weighted by Gasteiger charge is 2.15. The lowest BCUT2D eigenvalue weighted by Crippen LogP contribution is -2.35. The average Bonchev–Trinajstić information content (AvgIpc) is 2.42. The third-order valence-corrected chi connectivity index (χ3v) is 4.69. The molecule has 1 aromatic rings. The molecule has 1 unspecified atom stereocenters. The van der Waals surface area contributed by atoms with Gasteiger partial charge in [0.1, 0.15) is 0 Å². The third-order valence-electron chi connectivity index (χ3n) is 3.75. The van der Waals surface area contributed by atoms with Crippen molar-refractivity contribution >= 4 is 11.8 Å². The summed E-state index contributed by atoms with van der Waals surface area (Å²) in [6.07, 6.45) is 1.20. The Kier molecular flexibility index (Phi) is 5.54. The maximum atomic E-state index is 3.47. The van der Waals surface area contributed by atoms with Crippen LogP contribution in [-0.2, 0) is 0 Å². The highest BCUT2D eigenvalue weighted by molar-refractivity contribution is 7.99. The van der Waals surface area contributed by atoms with Crippen molar-refractivity contribution in [2.45, 2.75) is 19.4 Å². The molecule has 1 aliphatic rings. The molecule has 1 heterocycles. The zero-order valence-electron chi connectivity index (χ0n) is 11.5. The second-order valence-corrected chi connectivity index (χ2v) is 6.17. The number of nitrogens with zero attached hydrogens (tertiary/aromatic N) is 1. The molecule has 100 valence electrons. The summed E-state index contributed by atoms with van der Waals surface area (Å²) in [7, 11) is 2.07. The Bertz CT molecular complexity index is 361. The van der Waals surface area contributed by atoms with Gasteiger partial charge in [0.15, 0.2) is 0 Å². The van der Waals surface area contributed by atoms with Crippen LogP contribution < -0.4 is 5.32 Å². The van der Waals surface area contributed by atoms with Crippen LogP contribution in [0.25, 0.3) is 0 Å². The van der Waals surface area contributed by atoms with E-state index in [1.807, 2.05) is 0 Å². The standard InChI is InChI=1S/C15H24N2S/c1-13-5-3-4-6-14(13)15(16-2)7-8-17-9-11-18-12-10-17/h3-6,15-16H,7-12H2,1-2H3. The van der Waals surface area contributed by atoms with Crippen LogP contribution >= 0.6 is 11.8 Å². The van der Waals surface area contributed by atoms with Gasteiger partial charge in [-0.25, -0.2) is 0 Å². The molecule has 1 saturated heterocycles. The highest BCUT2D eigenvalue weighted by atomic mass is 32.2. The van der Waals surface area contributed by atoms with Crippen molar-refractivity contribution < 1.29 is 0 Å². The minimum atomic E-state index is 0.487. The molecule has 2 rings (SSSR count). The molecule has 1 N–H and O–H groups in total. The fourth-order valence-corrected chi connectivity index (χ4v) is 3.55. The fourth-order valence-electron chi connectivity index (χ4n) is 2.57. The molecule has 1 aliphatic heterocycles. The van der Waals surface area contributed by atoms with E-state index in [0.717, 1.165) is 0 Å². The Hall–Kier alpha value is -0.510. The fraction of sp³-hybridized carbons (Fsp3) is 0.600. The van der Waals surface area contributed by atoms with Crippen molar-refractivity contribution in [3.8, 4) is 0 Å². The van der Waals surface area contributed by atoms with Crippen molar-refractivity contribution in [3.05, 3.63) is 35.4 Å². The summed E-state index contributed by atoms with van der Waals surface area (Å²) in [6.45, 7) is 5.93. The van der Waals surface area contributed by atoms with E-state index in [9.17, 15) is 0 Å². The van der Waals surface area contributed by atoms with E-state index in [2.05, 4.69) is 60.2 Å². The zero-order valence-corrected chi connectivity index (χ0v) is 12.3. The van der Waals surface area contributed by atoms with Gasteiger partial charge in [0, 0.05) is 37.2 Å². The Morgan fingerprint density at radius 2 is 2.00 bits per heavy atom. The van der Waals surface area contributed by atoms with Crippen LogP contribution in [-0.4, -0.2) is 43.1 Å². The second-order valence-electron chi connectivity index (χ2n) is 4.94. The normalized spacial score (nSPS) is 18.8. The number of benzene rings is 1. The SMILES string of the molecule is CNC(CCN1CCSCC1)c1ccccc1C. The molecule has 1 fully saturated rings. The number of hydrogen-bond acceptors (Lipinski definition) is 3. The van der Waals surface area contributed by atoms with E-state index in [1.165, 1.54) is 48.7 Å². The molecule has 0 aliphatic carbocycles. The molecular weight excluding hydrogens is 240 g/mol. The van der Waals surface area contributed by atoms with Crippen LogP contribution in [0.3, 0.4) is 0 Å². The monoisotopic (exact) mass is 264 g/mol. The molecule has 0 bridgehead atoms. The van der Waals surface area contributed by atoms with Crippen LogP contribution in [0.2, 0.25) is 0 Å². The summed E-state index contributed by atoms with van der Waals surface area (Å²) in [6, 6.07) is 9.21. The molecule has 0 aromatic heterocycles. The van der Waals surface area contributed by atoms with Crippen molar-refractivity contribution in [2.24, 2.45) is 0 Å². The number of rotatable bonds is 5. The van der Waals surface area contributed by atoms with E-state index < -0.39 is 0 Å². The molecule has 3 heteroatoms. The topological polar surface area (TPSA) is 15.3 Å². The molecule has 1 aromatic carbocycles. The summed E-state index contributed by atoms with van der Waals surface area (Å²) in [5, 5.41) is 3.47. The molecule has 0 radical (unpaired) electrons. The third kappa shape index (κ3) is 3.74. The number of aryl methyl sites for hydroxylation is 1. The van der Waals surface area contributed by atoms with Crippen LogP contribution in [0.5, 0.6) is 0 Å². The maximum Gasteiger partial charge on any atom is 0.0332 e. The van der Waals surface area contributed by atoms with Gasteiger partial charge in [-0.15, -0.1) is 0 Å². The summed E-state index contributed by atoms with van der Waals surface area (Å²) in [5.41, 5.74) is 2.84. The summed E-state index contributed by atoms with van der Waals surface area (Å²) >= 11 is 2.08. The van der Waals surface area contributed by atoms with Crippen LogP contribution in [0.15, 0.2) is 24.3 Å². The minimum absolute atomic E-state index is 0.487. The smallest absolute Gasteiger partial charge is 0.0332 e. The predicted octanol–water partition coefficient (Wildman–Crippen LogP) is 2.69. The van der Waals surface area contributed by atoms with Crippen LogP contribution in [0, 0.1) is 6.92 Å². The first-order valence-corrected chi connectivity index (χ1v) is 7.99. The van der Waals surface area contributed by atoms with E-state index >= 15 is 0 Å². The maximum absolute atomic E-state index is 3.47. The zero-order chi connectivity index (χ0) is 12.8. The molecular formula is C15H24N2S. The van der Waals surface area contributed by atoms with Crippen molar-refractivity contribution in [2.75, 3.05) is 38.2 Å². The Morgan fingerprint density at radius 3 is 2.67 bits per heavy atom. The largest absolute Gasteiger partial charge is 0.313 e. The van der Waals surface area contributed by atoms with E-state index in [1.54, 1.807) is 0 Å². The van der Waals surface area contributed by atoms with Gasteiger partial charge >= 0.3 is 0 Å². The minimum Gasteiger partial charge on any atom is -0.313 e. The summed E-state index contributed by atoms with van der Waals surface area (Å²) < 4.78 is 0. The van der Waals surface area contributed by atoms with Gasteiger partial charge in [0.05, 0.1) is 0 Å². The van der Waals surface area contributed by atoms with Gasteiger partial charge in [0.25, 0.3) is 0 Å². The lowest BCUT2D eigenvalue weighted by Gasteiger charge is -2.28. The van der Waals surface area contributed by atoms with Gasteiger partial charge < -0.3 is 10.2 Å². The van der Waals surface area contributed by atoms with Crippen LogP contribution in [0.1, 0.15) is 23.6 Å². The lowest BCUT2D eigenvalue weighted by atomic mass is 9.99. The van der Waals surface area contributed by atoms with Crippen LogP contribution in [0.4, 0.5) is 0 Å². The number of hydrogen-bond donors (Lipinski definition) is 1. The molecule has 0 spiro atoms. The predicted molar refractivity (Wildman–Crippen MR) is 81.4 cm³/mol. The second kappa shape index (κ2) is 7.17. The highest BCUT2D eigenvalue weighted by Crippen LogP contribution is 2.21. The van der Waals surface area contributed by atoms with Gasteiger partial charge in [-0.05, 0) is 31.5 Å². The van der Waals surface area contributed by atoms with E-state index in [0.29, 0.717) is 6.04 Å². The van der Waals surface area contributed by atoms with Gasteiger partial charge in [-0.1, -0.05) is 24.3 Å². The van der Waals surface area contributed by atoms with E-state index in [4.69, 9.17) is 0 Å². The number of thioether (sulfide) groups is 1. The van der Waals surface area contributed by atoms with E-state index in [-0.39, 0.29) is 0 Å². The molecule has 18 heavy (non-hydrogen) atoms. The first-order valence-electron chi connectivity index (χ1n) is 6.84. The average molecular weight is 264 g/mol. The first kappa shape index (κ1) is 13.9. The van der Waals surface area contributed by atoms with Crippen molar-refractivity contribution in [1.29, 1.82) is 0 Å². The molecule has 2 nitrogen and oxygen atoms in total. The van der Waals surface area contributed by atoms with Gasteiger partial charge in [0.2, 0.25) is 0 Å². The Balaban J connectivity index is 1.91. The van der Waals surface area contributed by atoms with Gasteiger partial charge in [-0.3, -0.25) is 0 Å². The lowest BCUT2D eigenvalue weighted by molar-refractivity contribution is 0.283. The van der Waals surface area contributed by atoms with Crippen molar-refractivity contribution in [1.82, 2.24) is 10.2 Å². The summed E-state index contributed by atoms with van der Waals surface area (Å²) in [4.78, 5) is 2.60. The Morgan fingerprint density at radius 1 is 1.28 bits per heavy atom. The van der Waals surface area contributed by atoms with Gasteiger partial charge in [-0.2, -0.15) is 11.8 Å². The number of nitrogens with one attached hydrogen (secondary N) is 1. The summed E-state index contributed by atoms with van der Waals surface area (Å²) in [5.74, 6) is 2.60. The van der Waals surface area contributed by atoms with Crippen molar-refractivity contribution in [3.63, 3.8) is 0 Å². The Labute approximate surface area is 115 Å². The quantitative estimate of drug-likeness (QED) is 0.880. The molecule has 1 atom stereocenters. The molecule has 0 amide bonds. The molecule has 0 saturated carbocycles. The first-order chi connectivity index (χ1) is 8.81.